The first-order chi connectivity index (χ1) is 10.7. The van der Waals surface area contributed by atoms with Crippen molar-refractivity contribution in [3.05, 3.63) is 54.1 Å². The van der Waals surface area contributed by atoms with Gasteiger partial charge in [-0.25, -0.2) is 5.43 Å². The van der Waals surface area contributed by atoms with Gasteiger partial charge in [-0.1, -0.05) is 36.4 Å². The van der Waals surface area contributed by atoms with E-state index in [1.165, 1.54) is 0 Å². The van der Waals surface area contributed by atoms with Crippen molar-refractivity contribution in [2.75, 3.05) is 0 Å². The van der Waals surface area contributed by atoms with E-state index < -0.39 is 0 Å². The molecule has 2 N–H and O–H groups in total. The number of amides is 1. The number of carbonyl (C=O) groups excluding carboxylic acids is 1. The summed E-state index contributed by atoms with van der Waals surface area (Å²) in [6.45, 7) is 0. The fourth-order valence-corrected chi connectivity index (χ4v) is 3.26. The predicted molar refractivity (Wildman–Crippen MR) is 85.9 cm³/mol. The molecular formula is C18H16N2O2. The average Bonchev–Trinajstić information content (AvgIpc) is 2.88. The molecule has 4 heteroatoms. The van der Waals surface area contributed by atoms with E-state index in [-0.39, 0.29) is 17.2 Å². The molecule has 1 amide bonds. The normalized spacial score (nSPS) is 24.3. The third-order valence-electron chi connectivity index (χ3n) is 4.57. The minimum absolute atomic E-state index is 0.0228. The Morgan fingerprint density at radius 3 is 2.77 bits per heavy atom. The molecule has 2 aromatic rings. The number of carbonyl (C=O) groups is 1. The van der Waals surface area contributed by atoms with Crippen LogP contribution in [0.1, 0.15) is 23.2 Å². The molecule has 0 saturated heterocycles. The zero-order valence-corrected chi connectivity index (χ0v) is 12.0. The summed E-state index contributed by atoms with van der Waals surface area (Å²) in [6, 6.07) is 10.9. The van der Waals surface area contributed by atoms with Gasteiger partial charge in [-0.05, 0) is 41.7 Å². The number of rotatable bonds is 2. The molecule has 0 spiro atoms. The summed E-state index contributed by atoms with van der Waals surface area (Å²) in [6.07, 6.45) is 6.33. The minimum Gasteiger partial charge on any atom is -0.507 e. The molecule has 0 radical (unpaired) electrons. The third-order valence-corrected chi connectivity index (χ3v) is 4.57. The number of phenolic OH excluding ortho intramolecular Hbond substituents is 1. The van der Waals surface area contributed by atoms with Crippen LogP contribution in [0.3, 0.4) is 0 Å². The fraction of sp³-hybridized carbons (Fsp3) is 0.222. The third kappa shape index (κ3) is 2.08. The van der Waals surface area contributed by atoms with E-state index in [9.17, 15) is 9.90 Å². The Morgan fingerprint density at radius 2 is 2.00 bits per heavy atom. The lowest BCUT2D eigenvalue weighted by Crippen LogP contribution is -2.35. The van der Waals surface area contributed by atoms with E-state index in [1.807, 2.05) is 24.3 Å². The van der Waals surface area contributed by atoms with Crippen molar-refractivity contribution >= 4 is 22.4 Å². The van der Waals surface area contributed by atoms with Gasteiger partial charge in [0, 0.05) is 11.6 Å². The van der Waals surface area contributed by atoms with E-state index in [2.05, 4.69) is 22.7 Å². The first-order valence-corrected chi connectivity index (χ1v) is 7.47. The van der Waals surface area contributed by atoms with Gasteiger partial charge in [0.15, 0.2) is 0 Å². The van der Waals surface area contributed by atoms with Crippen molar-refractivity contribution in [1.82, 2.24) is 5.43 Å². The minimum atomic E-state index is -0.370. The van der Waals surface area contributed by atoms with Gasteiger partial charge in [-0.15, -0.1) is 0 Å². The number of fused-ring (bicyclic) bond motifs is 2. The van der Waals surface area contributed by atoms with E-state index in [1.54, 1.807) is 12.1 Å². The maximum absolute atomic E-state index is 12.3. The Labute approximate surface area is 128 Å². The molecule has 1 fully saturated rings. The van der Waals surface area contributed by atoms with Gasteiger partial charge in [0.2, 0.25) is 0 Å². The molecular weight excluding hydrogens is 276 g/mol. The second kappa shape index (κ2) is 4.98. The molecule has 4 nitrogen and oxygen atoms in total. The molecule has 0 heterocycles. The molecule has 2 aliphatic carbocycles. The fourth-order valence-electron chi connectivity index (χ4n) is 3.26. The van der Waals surface area contributed by atoms with Crippen LogP contribution in [0.4, 0.5) is 0 Å². The lowest BCUT2D eigenvalue weighted by Gasteiger charge is -2.31. The number of nitrogens with one attached hydrogen (secondary N) is 1. The predicted octanol–water partition coefficient (Wildman–Crippen LogP) is 3.23. The van der Waals surface area contributed by atoms with Crippen LogP contribution in [0.15, 0.2) is 53.7 Å². The average molecular weight is 292 g/mol. The Balaban J connectivity index is 1.55. The number of nitrogens with zero attached hydrogens (tertiary/aromatic N) is 1. The first kappa shape index (κ1) is 13.1. The van der Waals surface area contributed by atoms with Gasteiger partial charge in [0.05, 0.1) is 5.56 Å². The van der Waals surface area contributed by atoms with Crippen molar-refractivity contribution in [3.8, 4) is 5.75 Å². The summed E-state index contributed by atoms with van der Waals surface area (Å²) in [5, 5.41) is 16.1. The SMILES string of the molecule is O=C(N/N=C1\CC2C=CCC12)c1cc2ccccc2cc1O. The van der Waals surface area contributed by atoms with Gasteiger partial charge >= 0.3 is 0 Å². The molecule has 0 aliphatic heterocycles. The highest BCUT2D eigenvalue weighted by Crippen LogP contribution is 2.40. The number of benzene rings is 2. The van der Waals surface area contributed by atoms with Crippen LogP contribution in [0, 0.1) is 11.8 Å². The van der Waals surface area contributed by atoms with Crippen molar-refractivity contribution in [3.63, 3.8) is 0 Å². The zero-order chi connectivity index (χ0) is 15.1. The molecule has 2 unspecified atom stereocenters. The molecule has 110 valence electrons. The molecule has 2 atom stereocenters. The molecule has 0 aromatic heterocycles. The topological polar surface area (TPSA) is 61.7 Å². The highest BCUT2D eigenvalue weighted by atomic mass is 16.3. The summed E-state index contributed by atoms with van der Waals surface area (Å²) < 4.78 is 0. The van der Waals surface area contributed by atoms with Gasteiger partial charge < -0.3 is 5.11 Å². The van der Waals surface area contributed by atoms with E-state index in [0.717, 1.165) is 29.3 Å². The monoisotopic (exact) mass is 292 g/mol. The second-order valence-electron chi connectivity index (χ2n) is 5.90. The number of phenols is 1. The van der Waals surface area contributed by atoms with Crippen LogP contribution in [0.25, 0.3) is 10.8 Å². The maximum atomic E-state index is 12.3. The lowest BCUT2D eigenvalue weighted by molar-refractivity contribution is 0.0951. The second-order valence-corrected chi connectivity index (χ2v) is 5.90. The van der Waals surface area contributed by atoms with Crippen molar-refractivity contribution in [2.45, 2.75) is 12.8 Å². The van der Waals surface area contributed by atoms with Crippen molar-refractivity contribution in [2.24, 2.45) is 16.9 Å². The Hall–Kier alpha value is -2.62. The van der Waals surface area contributed by atoms with Crippen molar-refractivity contribution < 1.29 is 9.90 Å². The van der Waals surface area contributed by atoms with Gasteiger partial charge in [-0.2, -0.15) is 5.10 Å². The van der Waals surface area contributed by atoms with Crippen molar-refractivity contribution in [1.29, 1.82) is 0 Å². The molecule has 1 saturated carbocycles. The number of hydrogen-bond acceptors (Lipinski definition) is 3. The standard InChI is InChI=1S/C18H16N2O2/c21-17-10-12-5-2-1-4-11(12)8-15(17)18(22)20-19-16-9-13-6-3-7-14(13)16/h1-6,8,10,13-14,21H,7,9H2,(H,20,22)/b19-16+. The first-order valence-electron chi connectivity index (χ1n) is 7.47. The summed E-state index contributed by atoms with van der Waals surface area (Å²) in [5.41, 5.74) is 3.88. The molecule has 22 heavy (non-hydrogen) atoms. The number of allylic oxidation sites excluding steroid dienone is 2. The molecule has 2 aliphatic rings. The number of aromatic hydroxyl groups is 1. The smallest absolute Gasteiger partial charge is 0.275 e. The zero-order valence-electron chi connectivity index (χ0n) is 12.0. The summed E-state index contributed by atoms with van der Waals surface area (Å²) in [4.78, 5) is 12.3. The lowest BCUT2D eigenvalue weighted by atomic mass is 9.74. The van der Waals surface area contributed by atoms with E-state index in [0.29, 0.717) is 11.8 Å². The Bertz CT molecular complexity index is 823. The highest BCUT2D eigenvalue weighted by Gasteiger charge is 2.38. The van der Waals surface area contributed by atoms with Crippen LogP contribution in [0.2, 0.25) is 0 Å². The van der Waals surface area contributed by atoms with Crippen LogP contribution < -0.4 is 5.43 Å². The number of hydrazone groups is 1. The van der Waals surface area contributed by atoms with Gasteiger partial charge in [0.25, 0.3) is 5.91 Å². The van der Waals surface area contributed by atoms with Crippen LogP contribution in [-0.4, -0.2) is 16.7 Å². The van der Waals surface area contributed by atoms with E-state index >= 15 is 0 Å². The molecule has 4 rings (SSSR count). The summed E-state index contributed by atoms with van der Waals surface area (Å²) >= 11 is 0. The van der Waals surface area contributed by atoms with Gasteiger partial charge in [-0.3, -0.25) is 4.79 Å². The highest BCUT2D eigenvalue weighted by molar-refractivity contribution is 6.02. The Morgan fingerprint density at radius 1 is 1.23 bits per heavy atom. The molecule has 0 bridgehead atoms. The quantitative estimate of drug-likeness (QED) is 0.659. The van der Waals surface area contributed by atoms with Crippen LogP contribution in [-0.2, 0) is 0 Å². The van der Waals surface area contributed by atoms with Crippen LogP contribution in [0.5, 0.6) is 5.75 Å². The van der Waals surface area contributed by atoms with Gasteiger partial charge in [0.1, 0.15) is 5.75 Å². The van der Waals surface area contributed by atoms with E-state index in [4.69, 9.17) is 0 Å². The summed E-state index contributed by atoms with van der Waals surface area (Å²) in [5.74, 6) is 0.672. The number of hydrogen-bond donors (Lipinski definition) is 2. The molecule has 2 aromatic carbocycles. The van der Waals surface area contributed by atoms with Crippen LogP contribution >= 0.6 is 0 Å². The Kier molecular flexibility index (Phi) is 2.96. The largest absolute Gasteiger partial charge is 0.507 e. The maximum Gasteiger partial charge on any atom is 0.275 e. The summed E-state index contributed by atoms with van der Waals surface area (Å²) in [7, 11) is 0.